The third-order valence-electron chi connectivity index (χ3n) is 6.19. The fourth-order valence-electron chi connectivity index (χ4n) is 4.20. The molecule has 3 N–H and O–H groups in total. The van der Waals surface area contributed by atoms with Crippen LogP contribution in [0, 0.1) is 5.82 Å². The van der Waals surface area contributed by atoms with Crippen LogP contribution in [-0.4, -0.2) is 77.2 Å². The maximum absolute atomic E-state index is 13.6. The summed E-state index contributed by atoms with van der Waals surface area (Å²) in [5.74, 6) is -3.22. The first-order valence-electron chi connectivity index (χ1n) is 11.4. The maximum Gasteiger partial charge on any atom is 0.313 e. The summed E-state index contributed by atoms with van der Waals surface area (Å²) in [6.07, 6.45) is 1.10. The minimum absolute atomic E-state index is 0.0756. The van der Waals surface area contributed by atoms with E-state index in [-0.39, 0.29) is 23.2 Å². The van der Waals surface area contributed by atoms with E-state index in [1.165, 1.54) is 30.4 Å². The lowest BCUT2D eigenvalue weighted by Gasteiger charge is -2.38. The van der Waals surface area contributed by atoms with Crippen molar-refractivity contribution in [3.05, 3.63) is 44.6 Å². The number of piperidine rings is 1. The highest BCUT2D eigenvalue weighted by atomic mass is 35.5. The first-order valence-corrected chi connectivity index (χ1v) is 12.6. The van der Waals surface area contributed by atoms with Gasteiger partial charge < -0.3 is 25.8 Å². The van der Waals surface area contributed by atoms with Crippen LogP contribution in [0.2, 0.25) is 5.02 Å². The van der Waals surface area contributed by atoms with E-state index >= 15 is 0 Å². The summed E-state index contributed by atoms with van der Waals surface area (Å²) >= 11 is 6.97. The number of nitrogens with one attached hydrogen (secondary N) is 3. The van der Waals surface area contributed by atoms with Crippen LogP contribution in [0.1, 0.15) is 33.7 Å². The molecule has 0 radical (unpaired) electrons. The van der Waals surface area contributed by atoms with Gasteiger partial charge in [-0.2, -0.15) is 0 Å². The molecule has 36 heavy (non-hydrogen) atoms. The molecule has 0 saturated carbocycles. The zero-order valence-electron chi connectivity index (χ0n) is 19.8. The summed E-state index contributed by atoms with van der Waals surface area (Å²) in [7, 11) is 2.01. The Morgan fingerprint density at radius 1 is 1.14 bits per heavy atom. The van der Waals surface area contributed by atoms with Crippen molar-refractivity contribution >= 4 is 52.3 Å². The molecule has 2 atom stereocenters. The summed E-state index contributed by atoms with van der Waals surface area (Å²) in [5, 5.41) is 8.07. The number of rotatable bonds is 4. The summed E-state index contributed by atoms with van der Waals surface area (Å²) in [4.78, 5) is 59.3. The second kappa shape index (κ2) is 10.9. The highest BCUT2D eigenvalue weighted by molar-refractivity contribution is 7.13. The number of fused-ring (bicyclic) bond motifs is 1. The second-order valence-electron chi connectivity index (χ2n) is 8.87. The van der Waals surface area contributed by atoms with Gasteiger partial charge in [0.2, 0.25) is 5.91 Å². The standard InChI is InChI=1S/C23H26ClFN6O4S/c1-12(32)31-8-6-16(27-21(34)20(33)26-13-3-4-14(24)15(25)9-13)18(10-31)28-22(35)23-29-17-5-7-30(2)11-19(17)36-23/h3-4,9,16,18H,5-8,10-11H2,1-2H3,(H,26,33)(H,27,34)(H,28,35)/t16-,18+/m0/s1. The molecule has 192 valence electrons. The number of anilines is 1. The molecule has 1 fully saturated rings. The molecule has 13 heteroatoms. The van der Waals surface area contributed by atoms with Crippen LogP contribution in [0.15, 0.2) is 18.2 Å². The van der Waals surface area contributed by atoms with Crippen LogP contribution in [-0.2, 0) is 27.3 Å². The number of halogens is 2. The van der Waals surface area contributed by atoms with E-state index in [1.807, 2.05) is 7.05 Å². The van der Waals surface area contributed by atoms with Crippen molar-refractivity contribution < 1.29 is 23.6 Å². The molecule has 1 aromatic heterocycles. The fourth-order valence-corrected chi connectivity index (χ4v) is 5.41. The normalized spacial score (nSPS) is 19.8. The number of hydrogen-bond acceptors (Lipinski definition) is 7. The summed E-state index contributed by atoms with van der Waals surface area (Å²) in [6, 6.07) is 2.40. The van der Waals surface area contributed by atoms with Gasteiger partial charge in [0.05, 0.1) is 22.8 Å². The maximum atomic E-state index is 13.6. The van der Waals surface area contributed by atoms with Crippen molar-refractivity contribution in [2.75, 3.05) is 32.0 Å². The summed E-state index contributed by atoms with van der Waals surface area (Å²) < 4.78 is 13.6. The van der Waals surface area contributed by atoms with Crippen molar-refractivity contribution in [3.63, 3.8) is 0 Å². The summed E-state index contributed by atoms with van der Waals surface area (Å²) in [6.45, 7) is 3.56. The van der Waals surface area contributed by atoms with E-state index in [2.05, 4.69) is 25.8 Å². The molecule has 4 amide bonds. The van der Waals surface area contributed by atoms with E-state index in [1.54, 1.807) is 4.90 Å². The van der Waals surface area contributed by atoms with Crippen LogP contribution in [0.4, 0.5) is 10.1 Å². The zero-order chi connectivity index (χ0) is 26.0. The lowest BCUT2D eigenvalue weighted by Crippen LogP contribution is -2.62. The number of thiazole rings is 1. The Kier molecular flexibility index (Phi) is 7.86. The van der Waals surface area contributed by atoms with Gasteiger partial charge in [0.15, 0.2) is 5.01 Å². The van der Waals surface area contributed by atoms with Crippen LogP contribution in [0.25, 0.3) is 0 Å². The van der Waals surface area contributed by atoms with Gasteiger partial charge in [-0.3, -0.25) is 19.2 Å². The number of likely N-dealkylation sites (tertiary alicyclic amines) is 1. The Morgan fingerprint density at radius 2 is 1.92 bits per heavy atom. The molecule has 0 aliphatic carbocycles. The van der Waals surface area contributed by atoms with E-state index in [9.17, 15) is 23.6 Å². The molecule has 0 unspecified atom stereocenters. The third-order valence-corrected chi connectivity index (χ3v) is 7.58. The van der Waals surface area contributed by atoms with Gasteiger partial charge in [-0.25, -0.2) is 9.37 Å². The van der Waals surface area contributed by atoms with Crippen LogP contribution in [0.3, 0.4) is 0 Å². The monoisotopic (exact) mass is 536 g/mol. The number of aromatic nitrogens is 1. The Hall–Kier alpha value is -3.09. The average molecular weight is 537 g/mol. The Balaban J connectivity index is 1.43. The number of amides is 4. The number of likely N-dealkylation sites (N-methyl/N-ethyl adjacent to an activating group) is 1. The van der Waals surface area contributed by atoms with Crippen LogP contribution >= 0.6 is 22.9 Å². The molecule has 2 aliphatic heterocycles. The van der Waals surface area contributed by atoms with Crippen molar-refractivity contribution in [3.8, 4) is 0 Å². The second-order valence-corrected chi connectivity index (χ2v) is 10.4. The average Bonchev–Trinajstić information content (AvgIpc) is 3.25. The van der Waals surface area contributed by atoms with Crippen LogP contribution < -0.4 is 16.0 Å². The molecule has 0 bridgehead atoms. The van der Waals surface area contributed by atoms with Crippen LogP contribution in [0.5, 0.6) is 0 Å². The van der Waals surface area contributed by atoms with E-state index in [0.29, 0.717) is 18.0 Å². The molecule has 3 heterocycles. The molecule has 2 aromatic rings. The number of carbonyl (C=O) groups excluding carboxylic acids is 4. The van der Waals surface area contributed by atoms with Crippen molar-refractivity contribution in [2.45, 2.75) is 38.4 Å². The molecule has 2 aliphatic rings. The van der Waals surface area contributed by atoms with E-state index in [4.69, 9.17) is 11.6 Å². The molecule has 10 nitrogen and oxygen atoms in total. The lowest BCUT2D eigenvalue weighted by molar-refractivity contribution is -0.137. The van der Waals surface area contributed by atoms with Gasteiger partial charge in [0, 0.05) is 50.1 Å². The SMILES string of the molecule is CC(=O)N1CC[C@H](NC(=O)C(=O)Nc2ccc(Cl)c(F)c2)[C@H](NC(=O)c2nc3c(s2)CN(C)CC3)C1. The quantitative estimate of drug-likeness (QED) is 0.508. The molecule has 1 aromatic carbocycles. The number of carbonyl (C=O) groups is 4. The molecule has 0 spiro atoms. The molecule has 4 rings (SSSR count). The number of hydrogen-bond donors (Lipinski definition) is 3. The molecular weight excluding hydrogens is 511 g/mol. The zero-order valence-corrected chi connectivity index (χ0v) is 21.3. The van der Waals surface area contributed by atoms with Gasteiger partial charge in [0.25, 0.3) is 5.91 Å². The predicted octanol–water partition coefficient (Wildman–Crippen LogP) is 1.40. The minimum atomic E-state index is -0.993. The van der Waals surface area contributed by atoms with E-state index in [0.717, 1.165) is 36.1 Å². The largest absolute Gasteiger partial charge is 0.343 e. The van der Waals surface area contributed by atoms with Gasteiger partial charge in [-0.05, 0) is 31.7 Å². The minimum Gasteiger partial charge on any atom is -0.343 e. The number of nitrogens with zero attached hydrogens (tertiary/aromatic N) is 3. The Bertz CT molecular complexity index is 1210. The van der Waals surface area contributed by atoms with Gasteiger partial charge in [-0.1, -0.05) is 11.6 Å². The first kappa shape index (κ1) is 26.0. The number of benzene rings is 1. The van der Waals surface area contributed by atoms with Crippen molar-refractivity contribution in [1.82, 2.24) is 25.4 Å². The highest BCUT2D eigenvalue weighted by Crippen LogP contribution is 2.25. The molecule has 1 saturated heterocycles. The smallest absolute Gasteiger partial charge is 0.313 e. The highest BCUT2D eigenvalue weighted by Gasteiger charge is 2.34. The van der Waals surface area contributed by atoms with E-state index < -0.39 is 35.6 Å². The Morgan fingerprint density at radius 3 is 2.64 bits per heavy atom. The van der Waals surface area contributed by atoms with Crippen molar-refractivity contribution in [1.29, 1.82) is 0 Å². The fraction of sp³-hybridized carbons (Fsp3) is 0.435. The lowest BCUT2D eigenvalue weighted by atomic mass is 9.98. The van der Waals surface area contributed by atoms with Crippen molar-refractivity contribution in [2.24, 2.45) is 0 Å². The van der Waals surface area contributed by atoms with Gasteiger partial charge >= 0.3 is 11.8 Å². The molecular formula is C23H26ClFN6O4S. The third kappa shape index (κ3) is 6.00. The topological polar surface area (TPSA) is 124 Å². The summed E-state index contributed by atoms with van der Waals surface area (Å²) in [5.41, 5.74) is 0.990. The first-order chi connectivity index (χ1) is 17.1. The predicted molar refractivity (Wildman–Crippen MR) is 132 cm³/mol. The van der Waals surface area contributed by atoms with Gasteiger partial charge in [0.1, 0.15) is 5.82 Å². The Labute approximate surface area is 216 Å². The van der Waals surface area contributed by atoms with Gasteiger partial charge in [-0.15, -0.1) is 11.3 Å².